The number of benzene rings is 4. The zero-order chi connectivity index (χ0) is 27.6. The molecule has 4 N–H and O–H groups in total. The molecular formula is C32H37N5O2. The number of hydrogen-bond acceptors (Lipinski definition) is 4. The minimum Gasteiger partial charge on any atom is -0.494 e. The summed E-state index contributed by atoms with van der Waals surface area (Å²) in [7, 11) is 4.11. The van der Waals surface area contributed by atoms with E-state index in [2.05, 4.69) is 24.0 Å². The van der Waals surface area contributed by atoms with Crippen LogP contribution in [0.25, 0.3) is 10.8 Å². The first-order valence-electron chi connectivity index (χ1n) is 13.1. The van der Waals surface area contributed by atoms with Gasteiger partial charge >= 0.3 is 0 Å². The smallest absolute Gasteiger partial charge is 0.254 e. The van der Waals surface area contributed by atoms with E-state index in [1.807, 2.05) is 95.9 Å². The van der Waals surface area contributed by atoms with Crippen LogP contribution in [0.15, 0.2) is 96.0 Å². The lowest BCUT2D eigenvalue weighted by Gasteiger charge is -2.24. The van der Waals surface area contributed by atoms with Crippen molar-refractivity contribution in [3.63, 3.8) is 0 Å². The van der Waals surface area contributed by atoms with Gasteiger partial charge in [0.15, 0.2) is 5.96 Å². The fraction of sp³-hybridized carbons (Fsp3) is 0.250. The first-order valence-corrected chi connectivity index (χ1v) is 13.1. The highest BCUT2D eigenvalue weighted by Gasteiger charge is 2.18. The first kappa shape index (κ1) is 27.7. The summed E-state index contributed by atoms with van der Waals surface area (Å²) in [6, 6.07) is 29.9. The highest BCUT2D eigenvalue weighted by atomic mass is 16.5. The second-order valence-corrected chi connectivity index (χ2v) is 9.93. The second kappa shape index (κ2) is 13.4. The molecule has 39 heavy (non-hydrogen) atoms. The average molecular weight is 524 g/mol. The van der Waals surface area contributed by atoms with Gasteiger partial charge in [0.2, 0.25) is 0 Å². The highest BCUT2D eigenvalue weighted by molar-refractivity contribution is 5.98. The Bertz CT molecular complexity index is 1410. The topological polar surface area (TPSA) is 97.2 Å². The molecule has 0 saturated carbocycles. The molecule has 0 aliphatic heterocycles. The predicted octanol–water partition coefficient (Wildman–Crippen LogP) is 4.79. The van der Waals surface area contributed by atoms with E-state index < -0.39 is 0 Å². The van der Waals surface area contributed by atoms with E-state index in [4.69, 9.17) is 16.2 Å². The molecule has 0 aliphatic rings. The molecule has 4 aromatic rings. The Labute approximate surface area is 230 Å². The summed E-state index contributed by atoms with van der Waals surface area (Å²) in [5, 5.41) is 2.15. The Kier molecular flexibility index (Phi) is 9.53. The molecule has 0 bridgehead atoms. The Morgan fingerprint density at radius 3 is 2.26 bits per heavy atom. The number of fused-ring (bicyclic) bond motifs is 1. The lowest BCUT2D eigenvalue weighted by Crippen LogP contribution is -2.30. The zero-order valence-electron chi connectivity index (χ0n) is 22.7. The first-order chi connectivity index (χ1) is 18.9. The Morgan fingerprint density at radius 2 is 1.51 bits per heavy atom. The maximum absolute atomic E-state index is 13.8. The largest absolute Gasteiger partial charge is 0.494 e. The van der Waals surface area contributed by atoms with Crippen molar-refractivity contribution in [2.45, 2.75) is 26.1 Å². The highest BCUT2D eigenvalue weighted by Crippen LogP contribution is 2.21. The summed E-state index contributed by atoms with van der Waals surface area (Å²) >= 11 is 0. The minimum absolute atomic E-state index is 0.0283. The van der Waals surface area contributed by atoms with Crippen molar-refractivity contribution in [1.29, 1.82) is 0 Å². The van der Waals surface area contributed by atoms with E-state index in [1.54, 1.807) is 0 Å². The van der Waals surface area contributed by atoms with Crippen LogP contribution in [-0.4, -0.2) is 48.9 Å². The van der Waals surface area contributed by atoms with Gasteiger partial charge in [0.25, 0.3) is 5.91 Å². The standard InChI is InChI=1S/C32H37N5O2/c1-36(2)17-6-18-39-30-15-11-24(12-16-30)22-37(23-26-8-5-7-25(19-26)21-35-32(33)34)31(38)29-14-13-27-9-3-4-10-28(27)20-29/h3-5,7-16,19-20H,6,17-18,21-23H2,1-2H3,(H4,33,34,35). The number of ether oxygens (including phenoxy) is 1. The number of carbonyl (C=O) groups excluding carboxylic acids is 1. The predicted molar refractivity (Wildman–Crippen MR) is 159 cm³/mol. The number of hydrogen-bond donors (Lipinski definition) is 2. The van der Waals surface area contributed by atoms with Crippen LogP contribution in [0.4, 0.5) is 0 Å². The van der Waals surface area contributed by atoms with Gasteiger partial charge in [0, 0.05) is 25.2 Å². The van der Waals surface area contributed by atoms with Gasteiger partial charge < -0.3 is 26.0 Å². The van der Waals surface area contributed by atoms with Gasteiger partial charge in [-0.1, -0.05) is 66.7 Å². The van der Waals surface area contributed by atoms with E-state index in [9.17, 15) is 4.79 Å². The van der Waals surface area contributed by atoms with Crippen molar-refractivity contribution < 1.29 is 9.53 Å². The molecule has 0 saturated heterocycles. The van der Waals surface area contributed by atoms with Crippen molar-refractivity contribution in [3.05, 3.63) is 113 Å². The lowest BCUT2D eigenvalue weighted by atomic mass is 10.0. The third-order valence-electron chi connectivity index (χ3n) is 6.41. The number of amides is 1. The number of carbonyl (C=O) groups is 1. The summed E-state index contributed by atoms with van der Waals surface area (Å²) < 4.78 is 5.89. The van der Waals surface area contributed by atoms with Gasteiger partial charge in [0.05, 0.1) is 13.2 Å². The molecule has 0 unspecified atom stereocenters. The molecule has 0 spiro atoms. The van der Waals surface area contributed by atoms with E-state index >= 15 is 0 Å². The lowest BCUT2D eigenvalue weighted by molar-refractivity contribution is 0.0730. The molecule has 0 aliphatic carbocycles. The molecule has 7 nitrogen and oxygen atoms in total. The Hall–Kier alpha value is -4.36. The number of aliphatic imine (C=N–C) groups is 1. The Morgan fingerprint density at radius 1 is 0.795 bits per heavy atom. The fourth-order valence-corrected chi connectivity index (χ4v) is 4.42. The quantitative estimate of drug-likeness (QED) is 0.158. The molecule has 0 aromatic heterocycles. The van der Waals surface area contributed by atoms with Crippen LogP contribution in [0, 0.1) is 0 Å². The van der Waals surface area contributed by atoms with Gasteiger partial charge in [-0.25, -0.2) is 4.99 Å². The molecule has 0 radical (unpaired) electrons. The molecule has 7 heteroatoms. The number of guanidine groups is 1. The average Bonchev–Trinajstić information content (AvgIpc) is 2.94. The summed E-state index contributed by atoms with van der Waals surface area (Å²) in [4.78, 5) is 22.0. The molecule has 202 valence electrons. The molecule has 1 amide bonds. The van der Waals surface area contributed by atoms with Crippen LogP contribution in [0.2, 0.25) is 0 Å². The van der Waals surface area contributed by atoms with Gasteiger partial charge in [-0.15, -0.1) is 0 Å². The van der Waals surface area contributed by atoms with Crippen molar-refractivity contribution in [3.8, 4) is 5.75 Å². The van der Waals surface area contributed by atoms with Gasteiger partial charge in [-0.3, -0.25) is 4.79 Å². The van der Waals surface area contributed by atoms with Crippen molar-refractivity contribution in [1.82, 2.24) is 9.80 Å². The Balaban J connectivity index is 1.54. The van der Waals surface area contributed by atoms with Crippen molar-refractivity contribution >= 4 is 22.6 Å². The van der Waals surface area contributed by atoms with Crippen LogP contribution in [0.3, 0.4) is 0 Å². The third kappa shape index (κ3) is 8.32. The maximum Gasteiger partial charge on any atom is 0.254 e. The third-order valence-corrected chi connectivity index (χ3v) is 6.41. The van der Waals surface area contributed by atoms with E-state index in [0.29, 0.717) is 31.8 Å². The molecule has 0 fully saturated rings. The zero-order valence-corrected chi connectivity index (χ0v) is 22.7. The van der Waals surface area contributed by atoms with Crippen LogP contribution in [-0.2, 0) is 19.6 Å². The molecular weight excluding hydrogens is 486 g/mol. The van der Waals surface area contributed by atoms with Crippen LogP contribution in [0.5, 0.6) is 5.75 Å². The SMILES string of the molecule is CN(C)CCCOc1ccc(CN(Cc2cccc(CN=C(N)N)c2)C(=O)c2ccc3ccccc3c2)cc1. The number of nitrogens with two attached hydrogens (primary N) is 2. The van der Waals surface area contributed by atoms with Crippen molar-refractivity contribution in [2.75, 3.05) is 27.2 Å². The fourth-order valence-electron chi connectivity index (χ4n) is 4.42. The molecule has 0 atom stereocenters. The molecule has 4 rings (SSSR count). The van der Waals surface area contributed by atoms with Crippen LogP contribution in [0.1, 0.15) is 33.5 Å². The van der Waals surface area contributed by atoms with Crippen molar-refractivity contribution in [2.24, 2.45) is 16.5 Å². The summed E-state index contributed by atoms with van der Waals surface area (Å²) in [5.74, 6) is 0.857. The second-order valence-electron chi connectivity index (χ2n) is 9.93. The van der Waals surface area contributed by atoms with E-state index in [1.165, 1.54) is 0 Å². The normalized spacial score (nSPS) is 10.9. The van der Waals surface area contributed by atoms with E-state index in [0.717, 1.165) is 46.2 Å². The monoisotopic (exact) mass is 523 g/mol. The maximum atomic E-state index is 13.8. The number of rotatable bonds is 12. The van der Waals surface area contributed by atoms with Gasteiger partial charge in [-0.05, 0) is 72.2 Å². The molecule has 0 heterocycles. The summed E-state index contributed by atoms with van der Waals surface area (Å²) in [6.07, 6.45) is 0.963. The van der Waals surface area contributed by atoms with Gasteiger partial charge in [0.1, 0.15) is 5.75 Å². The number of nitrogens with zero attached hydrogens (tertiary/aromatic N) is 3. The molecule has 4 aromatic carbocycles. The summed E-state index contributed by atoms with van der Waals surface area (Å²) in [6.45, 7) is 2.96. The van der Waals surface area contributed by atoms with Crippen LogP contribution < -0.4 is 16.2 Å². The van der Waals surface area contributed by atoms with E-state index in [-0.39, 0.29) is 11.9 Å². The van der Waals surface area contributed by atoms with Crippen LogP contribution >= 0.6 is 0 Å². The minimum atomic E-state index is -0.0283. The summed E-state index contributed by atoms with van der Waals surface area (Å²) in [5.41, 5.74) is 14.7. The van der Waals surface area contributed by atoms with Gasteiger partial charge in [-0.2, -0.15) is 0 Å².